The minimum absolute atomic E-state index is 0.0418. The number of carbonyl (C=O) groups excluding carboxylic acids is 1. The Morgan fingerprint density at radius 3 is 2.83 bits per heavy atom. The van der Waals surface area contributed by atoms with Crippen LogP contribution in [0.5, 0.6) is 11.5 Å². The molecule has 42 heavy (non-hydrogen) atoms. The summed E-state index contributed by atoms with van der Waals surface area (Å²) >= 11 is 0. The number of aromatic nitrogens is 3. The van der Waals surface area contributed by atoms with Crippen LogP contribution < -0.4 is 20.4 Å². The van der Waals surface area contributed by atoms with E-state index in [-0.39, 0.29) is 22.6 Å². The molecule has 7 rings (SSSR count). The third-order valence-corrected chi connectivity index (χ3v) is 8.33. The molecule has 0 saturated carbocycles. The zero-order chi connectivity index (χ0) is 28.8. The molecule has 1 atom stereocenters. The Labute approximate surface area is 241 Å². The highest BCUT2D eigenvalue weighted by Gasteiger charge is 2.34. The van der Waals surface area contributed by atoms with E-state index in [0.717, 1.165) is 30.8 Å². The fourth-order valence-corrected chi connectivity index (χ4v) is 6.14. The van der Waals surface area contributed by atoms with Gasteiger partial charge in [-0.3, -0.25) is 24.5 Å². The average Bonchev–Trinajstić information content (AvgIpc) is 3.49. The lowest BCUT2D eigenvalue weighted by Gasteiger charge is -2.29. The second-order valence-corrected chi connectivity index (χ2v) is 11.0. The first-order valence-electron chi connectivity index (χ1n) is 14.3. The van der Waals surface area contributed by atoms with Gasteiger partial charge in [0.2, 0.25) is 5.43 Å². The molecule has 1 amide bonds. The van der Waals surface area contributed by atoms with Gasteiger partial charge in [-0.1, -0.05) is 6.07 Å². The summed E-state index contributed by atoms with van der Waals surface area (Å²) in [6.45, 7) is 7.05. The van der Waals surface area contributed by atoms with Crippen molar-refractivity contribution in [3.63, 3.8) is 0 Å². The Kier molecular flexibility index (Phi) is 6.83. The number of rotatable bonds is 6. The molecule has 1 N–H and O–H groups in total. The van der Waals surface area contributed by atoms with E-state index in [1.165, 1.54) is 6.07 Å². The van der Waals surface area contributed by atoms with Crippen LogP contribution in [-0.2, 0) is 4.74 Å². The molecule has 11 heteroatoms. The first-order valence-corrected chi connectivity index (χ1v) is 14.3. The van der Waals surface area contributed by atoms with E-state index in [0.29, 0.717) is 62.0 Å². The summed E-state index contributed by atoms with van der Waals surface area (Å²) < 4.78 is 29.6. The van der Waals surface area contributed by atoms with Gasteiger partial charge in [0.25, 0.3) is 5.91 Å². The number of nitrogens with one attached hydrogen (secondary N) is 1. The largest absolute Gasteiger partial charge is 0.451 e. The standard InChI is InChI=1S/C31H31FN6O4/c1-19-2-3-25-26(14-19)42-30-27-21(15-23(32)28(30)37-8-4-20(17-37)24-16-33-5-6-34-24)29(39)22(18-38(25)27)31(40)35-7-9-36-10-12-41-13-11-36/h2-3,5-6,14-16,18,20H,4,7-13,17H2,1H3,(H,35,40). The summed E-state index contributed by atoms with van der Waals surface area (Å²) in [5, 5.41) is 2.98. The lowest BCUT2D eigenvalue weighted by Crippen LogP contribution is -2.42. The lowest BCUT2D eigenvalue weighted by atomic mass is 10.0. The summed E-state index contributed by atoms with van der Waals surface area (Å²) in [6.07, 6.45) is 7.38. The zero-order valence-corrected chi connectivity index (χ0v) is 23.3. The smallest absolute Gasteiger partial charge is 0.256 e. The van der Waals surface area contributed by atoms with Crippen LogP contribution in [0.4, 0.5) is 10.1 Å². The third kappa shape index (κ3) is 4.68. The Morgan fingerprint density at radius 2 is 2.02 bits per heavy atom. The molecule has 0 radical (unpaired) electrons. The molecule has 3 aliphatic heterocycles. The van der Waals surface area contributed by atoms with Gasteiger partial charge in [-0.05, 0) is 37.1 Å². The van der Waals surface area contributed by atoms with Crippen LogP contribution in [0.3, 0.4) is 0 Å². The second kappa shape index (κ2) is 10.8. The van der Waals surface area contributed by atoms with Crippen molar-refractivity contribution in [1.82, 2.24) is 24.8 Å². The van der Waals surface area contributed by atoms with E-state index in [2.05, 4.69) is 20.2 Å². The van der Waals surface area contributed by atoms with Gasteiger partial charge in [-0.25, -0.2) is 4.39 Å². The first-order chi connectivity index (χ1) is 20.5. The Hall–Kier alpha value is -4.35. The molecule has 0 spiro atoms. The predicted octanol–water partition coefficient (Wildman–Crippen LogP) is 3.39. The highest BCUT2D eigenvalue weighted by atomic mass is 19.1. The number of hydrogen-bond acceptors (Lipinski definition) is 8. The topological polar surface area (TPSA) is 102 Å². The number of ether oxygens (including phenoxy) is 2. The average molecular weight is 571 g/mol. The van der Waals surface area contributed by atoms with Crippen molar-refractivity contribution >= 4 is 22.5 Å². The van der Waals surface area contributed by atoms with E-state index in [9.17, 15) is 9.59 Å². The van der Waals surface area contributed by atoms with E-state index >= 15 is 4.39 Å². The summed E-state index contributed by atoms with van der Waals surface area (Å²) in [5.74, 6) is -0.162. The summed E-state index contributed by atoms with van der Waals surface area (Å²) in [6, 6.07) is 6.96. The van der Waals surface area contributed by atoms with Crippen LogP contribution in [0.2, 0.25) is 0 Å². The van der Waals surface area contributed by atoms with Gasteiger partial charge in [0, 0.05) is 70.0 Å². The van der Waals surface area contributed by atoms with Crippen molar-refractivity contribution in [1.29, 1.82) is 0 Å². The Morgan fingerprint density at radius 1 is 1.17 bits per heavy atom. The van der Waals surface area contributed by atoms with Crippen LogP contribution in [-0.4, -0.2) is 77.8 Å². The van der Waals surface area contributed by atoms with Crippen molar-refractivity contribution in [2.45, 2.75) is 19.3 Å². The van der Waals surface area contributed by atoms with Gasteiger partial charge in [0.15, 0.2) is 17.3 Å². The quantitative estimate of drug-likeness (QED) is 0.332. The summed E-state index contributed by atoms with van der Waals surface area (Å²) in [5.41, 5.74) is 2.68. The van der Waals surface area contributed by atoms with Crippen molar-refractivity contribution < 1.29 is 18.7 Å². The number of aryl methyl sites for hydroxylation is 1. The monoisotopic (exact) mass is 570 g/mol. The SMILES string of the molecule is Cc1ccc2c(c1)Oc1c(N3CCC(c4cnccn4)C3)c(F)cc3c(=O)c(C(=O)NCCN4CCOCC4)cn-2c13. The maximum absolute atomic E-state index is 16.1. The normalized spacial score (nSPS) is 18.1. The first kappa shape index (κ1) is 26.5. The van der Waals surface area contributed by atoms with E-state index in [1.54, 1.807) is 29.4 Å². The lowest BCUT2D eigenvalue weighted by molar-refractivity contribution is 0.0383. The number of amides is 1. The van der Waals surface area contributed by atoms with Crippen molar-refractivity contribution in [2.75, 3.05) is 57.4 Å². The number of anilines is 1. The molecule has 2 aromatic carbocycles. The molecular formula is C31H31FN6O4. The molecule has 216 valence electrons. The third-order valence-electron chi connectivity index (χ3n) is 8.33. The molecule has 0 bridgehead atoms. The van der Waals surface area contributed by atoms with Crippen LogP contribution in [0, 0.1) is 12.7 Å². The molecule has 2 aromatic heterocycles. The predicted molar refractivity (Wildman–Crippen MR) is 156 cm³/mol. The minimum Gasteiger partial charge on any atom is -0.451 e. The van der Waals surface area contributed by atoms with Gasteiger partial charge in [0.05, 0.1) is 30.0 Å². The minimum atomic E-state index is -0.568. The van der Waals surface area contributed by atoms with Gasteiger partial charge in [0.1, 0.15) is 16.8 Å². The van der Waals surface area contributed by atoms with E-state index < -0.39 is 17.2 Å². The number of hydrogen-bond donors (Lipinski definition) is 1. The van der Waals surface area contributed by atoms with Gasteiger partial charge >= 0.3 is 0 Å². The highest BCUT2D eigenvalue weighted by molar-refractivity contribution is 6.01. The van der Waals surface area contributed by atoms with Crippen LogP contribution in [0.15, 0.2) is 53.8 Å². The van der Waals surface area contributed by atoms with E-state index in [1.807, 2.05) is 30.0 Å². The number of morpholine rings is 1. The van der Waals surface area contributed by atoms with E-state index in [4.69, 9.17) is 9.47 Å². The van der Waals surface area contributed by atoms with Crippen molar-refractivity contribution in [2.24, 2.45) is 0 Å². The zero-order valence-electron chi connectivity index (χ0n) is 23.3. The highest BCUT2D eigenvalue weighted by Crippen LogP contribution is 2.48. The number of halogens is 1. The molecular weight excluding hydrogens is 539 g/mol. The van der Waals surface area contributed by atoms with Gasteiger partial charge < -0.3 is 24.3 Å². The van der Waals surface area contributed by atoms with Crippen molar-refractivity contribution in [3.05, 3.63) is 81.9 Å². The Balaban J connectivity index is 1.29. The van der Waals surface area contributed by atoms with Crippen LogP contribution in [0.1, 0.15) is 34.0 Å². The fourth-order valence-electron chi connectivity index (χ4n) is 6.14. The maximum atomic E-state index is 16.1. The molecule has 4 aromatic rings. The Bertz CT molecular complexity index is 1740. The molecule has 3 aliphatic rings. The van der Waals surface area contributed by atoms with Crippen LogP contribution >= 0.6 is 0 Å². The molecule has 5 heterocycles. The molecule has 0 aliphatic carbocycles. The van der Waals surface area contributed by atoms with Crippen molar-refractivity contribution in [3.8, 4) is 17.2 Å². The summed E-state index contributed by atoms with van der Waals surface area (Å²) in [7, 11) is 0. The maximum Gasteiger partial charge on any atom is 0.256 e. The molecule has 2 fully saturated rings. The molecule has 2 saturated heterocycles. The fraction of sp³-hybridized carbons (Fsp3) is 0.355. The molecule has 1 unspecified atom stereocenters. The van der Waals surface area contributed by atoms with Gasteiger partial charge in [-0.15, -0.1) is 0 Å². The number of nitrogens with zero attached hydrogens (tertiary/aromatic N) is 5. The summed E-state index contributed by atoms with van der Waals surface area (Å²) in [4.78, 5) is 39.8. The van der Waals surface area contributed by atoms with Gasteiger partial charge in [-0.2, -0.15) is 0 Å². The number of benzene rings is 2. The number of fused-ring (bicyclic) bond motifs is 2. The number of carbonyl (C=O) groups is 1. The second-order valence-electron chi connectivity index (χ2n) is 11.0. The molecule has 10 nitrogen and oxygen atoms in total. The van der Waals surface area contributed by atoms with Crippen LogP contribution in [0.25, 0.3) is 16.6 Å². The number of pyridine rings is 1.